The molecular weight excluding hydrogens is 192 g/mol. The molecule has 0 spiro atoms. The van der Waals surface area contributed by atoms with Crippen LogP contribution in [0.25, 0.3) is 0 Å². The summed E-state index contributed by atoms with van der Waals surface area (Å²) >= 11 is 0. The van der Waals surface area contributed by atoms with Gasteiger partial charge in [-0.05, 0) is 38.7 Å². The minimum absolute atomic E-state index is 0.132. The smallest absolute Gasteiger partial charge is 0.303 e. The summed E-state index contributed by atoms with van der Waals surface area (Å²) < 4.78 is 5.12. The highest BCUT2D eigenvalue weighted by atomic mass is 16.5. The lowest BCUT2D eigenvalue weighted by atomic mass is 9.90. The lowest BCUT2D eigenvalue weighted by Crippen LogP contribution is -2.19. The summed E-state index contributed by atoms with van der Waals surface area (Å²) in [7, 11) is 0. The van der Waals surface area contributed by atoms with Gasteiger partial charge < -0.3 is 4.74 Å². The fourth-order valence-electron chi connectivity index (χ4n) is 1.87. The van der Waals surface area contributed by atoms with E-state index in [4.69, 9.17) is 4.74 Å². The van der Waals surface area contributed by atoms with Gasteiger partial charge in [-0.3, -0.25) is 9.59 Å². The molecule has 0 saturated heterocycles. The number of hydrogen-bond acceptors (Lipinski definition) is 3. The molecule has 84 valence electrons. The third kappa shape index (κ3) is 4.28. The zero-order chi connectivity index (χ0) is 11.3. The Bertz CT molecular complexity index is 268. The van der Waals surface area contributed by atoms with Crippen molar-refractivity contribution in [1.82, 2.24) is 0 Å². The van der Waals surface area contributed by atoms with Gasteiger partial charge in [0.25, 0.3) is 0 Å². The lowest BCUT2D eigenvalue weighted by Gasteiger charge is -2.19. The van der Waals surface area contributed by atoms with Gasteiger partial charge in [0.15, 0.2) is 0 Å². The quantitative estimate of drug-likeness (QED) is 0.518. The van der Waals surface area contributed by atoms with Crippen LogP contribution in [0.2, 0.25) is 0 Å². The third-order valence-electron chi connectivity index (χ3n) is 2.72. The van der Waals surface area contributed by atoms with Crippen LogP contribution in [-0.4, -0.2) is 17.9 Å². The van der Waals surface area contributed by atoms with Gasteiger partial charge in [0.1, 0.15) is 11.9 Å². The molecule has 0 bridgehead atoms. The minimum atomic E-state index is -0.260. The molecule has 2 atom stereocenters. The first-order chi connectivity index (χ1) is 7.09. The summed E-state index contributed by atoms with van der Waals surface area (Å²) in [6.45, 7) is 3.05. The van der Waals surface area contributed by atoms with Crippen molar-refractivity contribution >= 4 is 11.8 Å². The van der Waals surface area contributed by atoms with Crippen LogP contribution in [0.15, 0.2) is 12.2 Å². The van der Waals surface area contributed by atoms with Crippen LogP contribution in [0.1, 0.15) is 39.5 Å². The number of Topliss-reactive ketones (excluding diaryl/α,β-unsaturated/α-hetero) is 1. The third-order valence-corrected chi connectivity index (χ3v) is 2.72. The lowest BCUT2D eigenvalue weighted by molar-refractivity contribution is -0.144. The minimum Gasteiger partial charge on any atom is -0.458 e. The maximum atomic E-state index is 11.3. The first kappa shape index (κ1) is 12.0. The Balaban J connectivity index is 2.53. The van der Waals surface area contributed by atoms with Crippen molar-refractivity contribution in [2.24, 2.45) is 5.92 Å². The molecule has 0 N–H and O–H groups in total. The number of rotatable bonds is 2. The highest BCUT2D eigenvalue weighted by Gasteiger charge is 2.18. The Morgan fingerprint density at radius 2 is 1.93 bits per heavy atom. The molecule has 0 aromatic carbocycles. The van der Waals surface area contributed by atoms with Gasteiger partial charge in [-0.15, -0.1) is 0 Å². The number of ketones is 1. The topological polar surface area (TPSA) is 43.4 Å². The molecule has 1 rings (SSSR count). The molecule has 0 heterocycles. The van der Waals surface area contributed by atoms with Crippen LogP contribution in [0, 0.1) is 5.92 Å². The van der Waals surface area contributed by atoms with E-state index in [9.17, 15) is 9.59 Å². The molecule has 1 aliphatic rings. The van der Waals surface area contributed by atoms with Gasteiger partial charge in [0.05, 0.1) is 0 Å². The van der Waals surface area contributed by atoms with Crippen LogP contribution in [0.3, 0.4) is 0 Å². The number of allylic oxidation sites excluding steroid dienone is 1. The maximum Gasteiger partial charge on any atom is 0.303 e. The fraction of sp³-hybridized carbons (Fsp3) is 0.667. The van der Waals surface area contributed by atoms with E-state index in [0.29, 0.717) is 0 Å². The zero-order valence-electron chi connectivity index (χ0n) is 9.36. The van der Waals surface area contributed by atoms with E-state index < -0.39 is 0 Å². The van der Waals surface area contributed by atoms with Crippen LogP contribution in [0.4, 0.5) is 0 Å². The molecule has 0 fully saturated rings. The second-order valence-corrected chi connectivity index (χ2v) is 4.04. The van der Waals surface area contributed by atoms with E-state index in [0.717, 1.165) is 25.7 Å². The van der Waals surface area contributed by atoms with Gasteiger partial charge in [0.2, 0.25) is 0 Å². The largest absolute Gasteiger partial charge is 0.458 e. The molecule has 0 aliphatic heterocycles. The van der Waals surface area contributed by atoms with Crippen molar-refractivity contribution < 1.29 is 14.3 Å². The molecule has 0 radical (unpaired) electrons. The highest BCUT2D eigenvalue weighted by Crippen LogP contribution is 2.21. The average Bonchev–Trinajstić information content (AvgIpc) is 2.08. The Morgan fingerprint density at radius 3 is 2.53 bits per heavy atom. The first-order valence-electron chi connectivity index (χ1n) is 5.44. The van der Waals surface area contributed by atoms with E-state index in [1.807, 2.05) is 12.2 Å². The normalized spacial score (nSPS) is 28.7. The number of esters is 1. The van der Waals surface area contributed by atoms with Gasteiger partial charge in [-0.25, -0.2) is 0 Å². The molecule has 0 aromatic heterocycles. The van der Waals surface area contributed by atoms with E-state index >= 15 is 0 Å². The van der Waals surface area contributed by atoms with E-state index in [-0.39, 0.29) is 23.8 Å². The van der Waals surface area contributed by atoms with E-state index in [1.165, 1.54) is 6.92 Å². The number of carbonyl (C=O) groups excluding carboxylic acids is 2. The second kappa shape index (κ2) is 5.69. The standard InChI is InChI=1S/C12H18O3/c1-9(13)11-5-3-4-6-12(8-7-11)15-10(2)14/h4,6,11-12H,3,5,7-8H2,1-2H3/b6-4+. The number of carbonyl (C=O) groups is 2. The number of hydrogen-bond donors (Lipinski definition) is 0. The Kier molecular flexibility index (Phi) is 4.53. The molecule has 0 saturated carbocycles. The Morgan fingerprint density at radius 1 is 1.20 bits per heavy atom. The summed E-state index contributed by atoms with van der Waals surface area (Å²) in [5.41, 5.74) is 0. The summed E-state index contributed by atoms with van der Waals surface area (Å²) in [4.78, 5) is 22.1. The van der Waals surface area contributed by atoms with E-state index in [1.54, 1.807) is 6.92 Å². The highest BCUT2D eigenvalue weighted by molar-refractivity contribution is 5.78. The van der Waals surface area contributed by atoms with Gasteiger partial charge in [-0.1, -0.05) is 6.08 Å². The van der Waals surface area contributed by atoms with Crippen LogP contribution >= 0.6 is 0 Å². The molecule has 3 heteroatoms. The van der Waals surface area contributed by atoms with Crippen molar-refractivity contribution in [2.75, 3.05) is 0 Å². The van der Waals surface area contributed by atoms with Crippen molar-refractivity contribution in [3.63, 3.8) is 0 Å². The molecule has 0 amide bonds. The van der Waals surface area contributed by atoms with Crippen molar-refractivity contribution in [2.45, 2.75) is 45.6 Å². The van der Waals surface area contributed by atoms with Gasteiger partial charge in [0, 0.05) is 12.8 Å². The van der Waals surface area contributed by atoms with Crippen molar-refractivity contribution in [3.05, 3.63) is 12.2 Å². The summed E-state index contributed by atoms with van der Waals surface area (Å²) in [6.07, 6.45) is 7.16. The molecule has 0 aromatic rings. The molecular formula is C12H18O3. The molecule has 2 unspecified atom stereocenters. The van der Waals surface area contributed by atoms with Gasteiger partial charge >= 0.3 is 5.97 Å². The van der Waals surface area contributed by atoms with E-state index in [2.05, 4.69) is 0 Å². The van der Waals surface area contributed by atoms with Crippen molar-refractivity contribution in [1.29, 1.82) is 0 Å². The second-order valence-electron chi connectivity index (χ2n) is 4.04. The van der Waals surface area contributed by atoms with Crippen molar-refractivity contribution in [3.8, 4) is 0 Å². The Labute approximate surface area is 90.5 Å². The SMILES string of the molecule is CC(=O)OC1/C=C/CCC(C(C)=O)CC1. The monoisotopic (exact) mass is 210 g/mol. The summed E-state index contributed by atoms with van der Waals surface area (Å²) in [5.74, 6) is 0.115. The van der Waals surface area contributed by atoms with Crippen LogP contribution in [-0.2, 0) is 14.3 Å². The van der Waals surface area contributed by atoms with Crippen LogP contribution in [0.5, 0.6) is 0 Å². The Hall–Kier alpha value is -1.12. The summed E-state index contributed by atoms with van der Waals surface area (Å²) in [5, 5.41) is 0. The average molecular weight is 210 g/mol. The molecule has 3 nitrogen and oxygen atoms in total. The maximum absolute atomic E-state index is 11.3. The first-order valence-corrected chi connectivity index (χ1v) is 5.44. The predicted molar refractivity (Wildman–Crippen MR) is 57.3 cm³/mol. The zero-order valence-corrected chi connectivity index (χ0v) is 9.36. The fourth-order valence-corrected chi connectivity index (χ4v) is 1.87. The summed E-state index contributed by atoms with van der Waals surface area (Å²) in [6, 6.07) is 0. The molecule has 1 aliphatic carbocycles. The predicted octanol–water partition coefficient (Wildman–Crippen LogP) is 2.25. The molecule has 15 heavy (non-hydrogen) atoms. The van der Waals surface area contributed by atoms with Gasteiger partial charge in [-0.2, -0.15) is 0 Å². The number of ether oxygens (including phenoxy) is 1. The van der Waals surface area contributed by atoms with Crippen LogP contribution < -0.4 is 0 Å².